The van der Waals surface area contributed by atoms with Gasteiger partial charge in [0.2, 0.25) is 0 Å². The number of nitrogens with zero attached hydrogens (tertiary/aromatic N) is 3. The molecule has 0 spiro atoms. The van der Waals surface area contributed by atoms with E-state index in [-0.39, 0.29) is 5.56 Å². The number of imidazole rings is 1. The van der Waals surface area contributed by atoms with Gasteiger partial charge in [-0.1, -0.05) is 0 Å². The van der Waals surface area contributed by atoms with Crippen molar-refractivity contribution in [3.8, 4) is 0 Å². The van der Waals surface area contributed by atoms with E-state index in [0.717, 1.165) is 5.82 Å². The van der Waals surface area contributed by atoms with Crippen LogP contribution in [0, 0.1) is 0 Å². The van der Waals surface area contributed by atoms with Gasteiger partial charge in [-0.2, -0.15) is 0 Å². The molecule has 0 fully saturated rings. The fourth-order valence-electron chi connectivity index (χ4n) is 1.47. The molecule has 0 aliphatic carbocycles. The number of aromatic nitrogens is 3. The molecule has 2 rings (SSSR count). The molecule has 18 heavy (non-hydrogen) atoms. The predicted molar refractivity (Wildman–Crippen MR) is 69.4 cm³/mol. The average molecular weight is 311 g/mol. The van der Waals surface area contributed by atoms with Crippen LogP contribution in [-0.2, 0) is 13.6 Å². The number of hydrogen-bond donors (Lipinski definition) is 2. The van der Waals surface area contributed by atoms with Crippen LogP contribution in [-0.4, -0.2) is 25.6 Å². The van der Waals surface area contributed by atoms with Gasteiger partial charge in [0.25, 0.3) is 0 Å². The van der Waals surface area contributed by atoms with Gasteiger partial charge in [-0.15, -0.1) is 0 Å². The summed E-state index contributed by atoms with van der Waals surface area (Å²) in [4.78, 5) is 19.3. The van der Waals surface area contributed by atoms with Crippen molar-refractivity contribution < 1.29 is 9.90 Å². The Kier molecular flexibility index (Phi) is 3.61. The van der Waals surface area contributed by atoms with Gasteiger partial charge >= 0.3 is 5.97 Å². The number of hydrogen-bond acceptors (Lipinski definition) is 4. The summed E-state index contributed by atoms with van der Waals surface area (Å²) in [5.41, 5.74) is 0.124. The summed E-state index contributed by atoms with van der Waals surface area (Å²) in [6.07, 6.45) is 5.06. The second-order valence-corrected chi connectivity index (χ2v) is 4.58. The molecule has 0 amide bonds. The summed E-state index contributed by atoms with van der Waals surface area (Å²) in [6.45, 7) is 0.415. The Morgan fingerprint density at radius 1 is 1.56 bits per heavy atom. The van der Waals surface area contributed by atoms with Crippen LogP contribution < -0.4 is 5.32 Å². The molecule has 2 heterocycles. The van der Waals surface area contributed by atoms with E-state index in [9.17, 15) is 4.79 Å². The monoisotopic (exact) mass is 310 g/mol. The number of rotatable bonds is 4. The highest BCUT2D eigenvalue weighted by Crippen LogP contribution is 2.18. The molecule has 2 aromatic rings. The minimum absolute atomic E-state index is 0.124. The van der Waals surface area contributed by atoms with Crippen molar-refractivity contribution in [3.63, 3.8) is 0 Å². The van der Waals surface area contributed by atoms with E-state index in [2.05, 4.69) is 31.2 Å². The highest BCUT2D eigenvalue weighted by molar-refractivity contribution is 9.10. The molecule has 0 bridgehead atoms. The largest absolute Gasteiger partial charge is 0.478 e. The Morgan fingerprint density at radius 3 is 2.94 bits per heavy atom. The van der Waals surface area contributed by atoms with Crippen LogP contribution in [0.3, 0.4) is 0 Å². The van der Waals surface area contributed by atoms with Gasteiger partial charge in [0.15, 0.2) is 0 Å². The number of nitrogens with one attached hydrogen (secondary N) is 1. The standard InChI is InChI=1S/C11H11BrN4O2/c1-16-3-2-13-9(16)6-15-10-8(11(17)18)4-7(12)5-14-10/h2-5H,6H2,1H3,(H,14,15)(H,17,18). The Hall–Kier alpha value is -1.89. The average Bonchev–Trinajstić information content (AvgIpc) is 2.73. The van der Waals surface area contributed by atoms with Crippen LogP contribution in [0.1, 0.15) is 16.2 Å². The third-order valence-electron chi connectivity index (χ3n) is 2.42. The van der Waals surface area contributed by atoms with Gasteiger partial charge in [-0.3, -0.25) is 0 Å². The van der Waals surface area contributed by atoms with Crippen molar-refractivity contribution in [2.45, 2.75) is 6.54 Å². The normalized spacial score (nSPS) is 10.3. The molecule has 0 saturated carbocycles. The number of halogens is 1. The molecule has 94 valence electrons. The Bertz CT molecular complexity index is 582. The van der Waals surface area contributed by atoms with Gasteiger partial charge < -0.3 is 15.0 Å². The molecule has 2 N–H and O–H groups in total. The molecular weight excluding hydrogens is 300 g/mol. The fourth-order valence-corrected chi connectivity index (χ4v) is 1.80. The molecule has 0 atom stereocenters. The molecule has 7 heteroatoms. The predicted octanol–water partition coefficient (Wildman–Crippen LogP) is 1.89. The Morgan fingerprint density at radius 2 is 2.33 bits per heavy atom. The molecule has 2 aromatic heterocycles. The van der Waals surface area contributed by atoms with Gasteiger partial charge in [0, 0.05) is 30.1 Å². The summed E-state index contributed by atoms with van der Waals surface area (Å²) >= 11 is 3.20. The van der Waals surface area contributed by atoms with Crippen molar-refractivity contribution in [2.75, 3.05) is 5.32 Å². The summed E-state index contributed by atoms with van der Waals surface area (Å²) < 4.78 is 2.48. The maximum Gasteiger partial charge on any atom is 0.339 e. The van der Waals surface area contributed by atoms with Crippen LogP contribution in [0.5, 0.6) is 0 Å². The van der Waals surface area contributed by atoms with E-state index in [1.165, 1.54) is 6.07 Å². The summed E-state index contributed by atoms with van der Waals surface area (Å²) in [6, 6.07) is 1.51. The quantitative estimate of drug-likeness (QED) is 0.901. The smallest absolute Gasteiger partial charge is 0.339 e. The van der Waals surface area contributed by atoms with Gasteiger partial charge in [-0.05, 0) is 22.0 Å². The molecule has 0 aliphatic heterocycles. The van der Waals surface area contributed by atoms with Gasteiger partial charge in [-0.25, -0.2) is 14.8 Å². The van der Waals surface area contributed by atoms with E-state index in [4.69, 9.17) is 5.11 Å². The maximum absolute atomic E-state index is 11.1. The van der Waals surface area contributed by atoms with E-state index < -0.39 is 5.97 Å². The number of carboxylic acids is 1. The fraction of sp³-hybridized carbons (Fsp3) is 0.182. The van der Waals surface area contributed by atoms with Crippen molar-refractivity contribution >= 4 is 27.7 Å². The van der Waals surface area contributed by atoms with E-state index in [1.54, 1.807) is 12.4 Å². The second kappa shape index (κ2) is 5.18. The van der Waals surface area contributed by atoms with Crippen LogP contribution >= 0.6 is 15.9 Å². The first-order valence-electron chi connectivity index (χ1n) is 5.17. The Balaban J connectivity index is 2.19. The highest BCUT2D eigenvalue weighted by Gasteiger charge is 2.12. The van der Waals surface area contributed by atoms with Crippen LogP contribution in [0.25, 0.3) is 0 Å². The number of carbonyl (C=O) groups is 1. The lowest BCUT2D eigenvalue weighted by Crippen LogP contribution is -2.11. The minimum Gasteiger partial charge on any atom is -0.478 e. The minimum atomic E-state index is -1.02. The van der Waals surface area contributed by atoms with Crippen molar-refractivity contribution in [1.82, 2.24) is 14.5 Å². The topological polar surface area (TPSA) is 80.0 Å². The SMILES string of the molecule is Cn1ccnc1CNc1ncc(Br)cc1C(=O)O. The Labute approximate surface area is 112 Å². The third kappa shape index (κ3) is 2.67. The second-order valence-electron chi connectivity index (χ2n) is 3.66. The van der Waals surface area contributed by atoms with Crippen molar-refractivity contribution in [1.29, 1.82) is 0 Å². The summed E-state index contributed by atoms with van der Waals surface area (Å²) in [7, 11) is 1.87. The molecular formula is C11H11BrN4O2. The van der Waals surface area contributed by atoms with E-state index in [0.29, 0.717) is 16.8 Å². The van der Waals surface area contributed by atoms with Crippen molar-refractivity contribution in [2.24, 2.45) is 7.05 Å². The number of anilines is 1. The molecule has 0 aliphatic rings. The molecule has 0 saturated heterocycles. The van der Waals surface area contributed by atoms with Crippen LogP contribution in [0.15, 0.2) is 29.1 Å². The molecule has 0 radical (unpaired) electrons. The van der Waals surface area contributed by atoms with Crippen molar-refractivity contribution in [3.05, 3.63) is 40.5 Å². The first-order chi connectivity index (χ1) is 8.58. The van der Waals surface area contributed by atoms with Crippen LogP contribution in [0.2, 0.25) is 0 Å². The first kappa shape index (κ1) is 12.6. The van der Waals surface area contributed by atoms with Crippen LogP contribution in [0.4, 0.5) is 5.82 Å². The van der Waals surface area contributed by atoms with Gasteiger partial charge in [0.1, 0.15) is 17.2 Å². The maximum atomic E-state index is 11.1. The number of aryl methyl sites for hydroxylation is 1. The summed E-state index contributed by atoms with van der Waals surface area (Å²) in [5, 5.41) is 12.0. The molecule has 0 unspecified atom stereocenters. The lowest BCUT2D eigenvalue weighted by Gasteiger charge is -2.08. The number of carboxylic acid groups (broad SMARTS) is 1. The highest BCUT2D eigenvalue weighted by atomic mass is 79.9. The van der Waals surface area contributed by atoms with E-state index in [1.807, 2.05) is 17.8 Å². The zero-order valence-electron chi connectivity index (χ0n) is 9.59. The lowest BCUT2D eigenvalue weighted by molar-refractivity contribution is 0.0697. The third-order valence-corrected chi connectivity index (χ3v) is 2.85. The number of aromatic carboxylic acids is 1. The lowest BCUT2D eigenvalue weighted by atomic mass is 10.2. The molecule has 6 nitrogen and oxygen atoms in total. The van der Waals surface area contributed by atoms with E-state index >= 15 is 0 Å². The summed E-state index contributed by atoms with van der Waals surface area (Å²) in [5.74, 6) is 0.107. The number of pyridine rings is 1. The first-order valence-corrected chi connectivity index (χ1v) is 5.96. The van der Waals surface area contributed by atoms with Gasteiger partial charge in [0.05, 0.1) is 6.54 Å². The molecule has 0 aromatic carbocycles. The zero-order chi connectivity index (χ0) is 13.1. The zero-order valence-corrected chi connectivity index (χ0v) is 11.2.